The minimum absolute atomic E-state index is 0.212. The smallest absolute Gasteiger partial charge is 0.261 e. The first-order valence-corrected chi connectivity index (χ1v) is 10.7. The summed E-state index contributed by atoms with van der Waals surface area (Å²) >= 11 is 12.3. The van der Waals surface area contributed by atoms with Crippen LogP contribution in [0.15, 0.2) is 59.8 Å². The van der Waals surface area contributed by atoms with Crippen LogP contribution in [0, 0.1) is 0 Å². The Kier molecular flexibility index (Phi) is 6.09. The zero-order valence-corrected chi connectivity index (χ0v) is 17.0. The van der Waals surface area contributed by atoms with Gasteiger partial charge in [0.2, 0.25) is 0 Å². The van der Waals surface area contributed by atoms with Gasteiger partial charge in [0, 0.05) is 21.8 Å². The molecule has 0 amide bonds. The number of benzene rings is 2. The van der Waals surface area contributed by atoms with E-state index in [0.717, 1.165) is 24.0 Å². The SMILES string of the molecule is CCCc1ccc(S(=O)(=O)Nc2cnn(Cc3c(Cl)cccc3Cl)c2)cc1. The van der Waals surface area contributed by atoms with Gasteiger partial charge in [0.25, 0.3) is 10.0 Å². The first kappa shape index (κ1) is 19.7. The van der Waals surface area contributed by atoms with Crippen LogP contribution < -0.4 is 4.72 Å². The van der Waals surface area contributed by atoms with Crippen LogP contribution in [-0.2, 0) is 23.0 Å². The van der Waals surface area contributed by atoms with E-state index in [0.29, 0.717) is 22.3 Å². The van der Waals surface area contributed by atoms with Gasteiger partial charge < -0.3 is 0 Å². The highest BCUT2D eigenvalue weighted by Crippen LogP contribution is 2.25. The first-order chi connectivity index (χ1) is 12.9. The Bertz CT molecular complexity index is 1010. The van der Waals surface area contributed by atoms with Gasteiger partial charge in [0.15, 0.2) is 0 Å². The first-order valence-electron chi connectivity index (χ1n) is 8.46. The highest BCUT2D eigenvalue weighted by Gasteiger charge is 2.15. The molecule has 0 bridgehead atoms. The fraction of sp³-hybridized carbons (Fsp3) is 0.211. The lowest BCUT2D eigenvalue weighted by molar-refractivity contribution is 0.601. The Morgan fingerprint density at radius 2 is 1.74 bits per heavy atom. The van der Waals surface area contributed by atoms with Crippen LogP contribution in [0.2, 0.25) is 10.0 Å². The topological polar surface area (TPSA) is 64.0 Å². The lowest BCUT2D eigenvalue weighted by Gasteiger charge is -2.08. The summed E-state index contributed by atoms with van der Waals surface area (Å²) in [6.45, 7) is 2.42. The van der Waals surface area contributed by atoms with Gasteiger partial charge in [-0.3, -0.25) is 9.40 Å². The van der Waals surface area contributed by atoms with Crippen molar-refractivity contribution >= 4 is 38.9 Å². The van der Waals surface area contributed by atoms with Gasteiger partial charge in [0.05, 0.1) is 23.3 Å². The quantitative estimate of drug-likeness (QED) is 0.581. The molecule has 0 saturated heterocycles. The third kappa shape index (κ3) is 4.83. The van der Waals surface area contributed by atoms with Gasteiger partial charge in [-0.2, -0.15) is 5.10 Å². The van der Waals surface area contributed by atoms with Crippen LogP contribution >= 0.6 is 23.2 Å². The summed E-state index contributed by atoms with van der Waals surface area (Å²) < 4.78 is 29.2. The fourth-order valence-electron chi connectivity index (χ4n) is 2.69. The van der Waals surface area contributed by atoms with Crippen molar-refractivity contribution < 1.29 is 8.42 Å². The molecule has 0 aliphatic carbocycles. The minimum Gasteiger partial charge on any atom is -0.276 e. The van der Waals surface area contributed by atoms with Crippen molar-refractivity contribution in [2.24, 2.45) is 0 Å². The number of nitrogens with one attached hydrogen (secondary N) is 1. The molecule has 3 aromatic rings. The zero-order chi connectivity index (χ0) is 19.4. The number of hydrogen-bond donors (Lipinski definition) is 1. The van der Waals surface area contributed by atoms with Crippen LogP contribution in [-0.4, -0.2) is 18.2 Å². The Morgan fingerprint density at radius 3 is 2.37 bits per heavy atom. The fourth-order valence-corrected chi connectivity index (χ4v) is 4.23. The number of anilines is 1. The lowest BCUT2D eigenvalue weighted by Crippen LogP contribution is -2.12. The van der Waals surface area contributed by atoms with Crippen LogP contribution in [0.3, 0.4) is 0 Å². The molecule has 0 spiro atoms. The Hall–Kier alpha value is -2.02. The molecule has 142 valence electrons. The van der Waals surface area contributed by atoms with Crippen molar-refractivity contribution in [1.82, 2.24) is 9.78 Å². The molecule has 0 unspecified atom stereocenters. The lowest BCUT2D eigenvalue weighted by atomic mass is 10.1. The van der Waals surface area contributed by atoms with E-state index in [2.05, 4.69) is 16.7 Å². The molecular weight excluding hydrogens is 405 g/mol. The van der Waals surface area contributed by atoms with Crippen molar-refractivity contribution in [2.75, 3.05) is 4.72 Å². The van der Waals surface area contributed by atoms with Gasteiger partial charge in [-0.15, -0.1) is 0 Å². The average Bonchev–Trinajstić information content (AvgIpc) is 3.05. The van der Waals surface area contributed by atoms with Gasteiger partial charge in [-0.1, -0.05) is 54.7 Å². The summed E-state index contributed by atoms with van der Waals surface area (Å²) in [5, 5.41) is 5.25. The van der Waals surface area contributed by atoms with E-state index in [4.69, 9.17) is 23.2 Å². The summed E-state index contributed by atoms with van der Waals surface area (Å²) in [4.78, 5) is 0.212. The van der Waals surface area contributed by atoms with E-state index in [1.807, 2.05) is 12.1 Å². The minimum atomic E-state index is -3.68. The number of hydrogen-bond acceptors (Lipinski definition) is 3. The van der Waals surface area contributed by atoms with Crippen molar-refractivity contribution in [3.8, 4) is 0 Å². The van der Waals surface area contributed by atoms with Crippen molar-refractivity contribution in [1.29, 1.82) is 0 Å². The Balaban J connectivity index is 1.74. The molecule has 0 aliphatic heterocycles. The highest BCUT2D eigenvalue weighted by atomic mass is 35.5. The van der Waals surface area contributed by atoms with E-state index < -0.39 is 10.0 Å². The summed E-state index contributed by atoms with van der Waals surface area (Å²) in [7, 11) is -3.68. The molecule has 0 fully saturated rings. The molecule has 1 aromatic heterocycles. The Morgan fingerprint density at radius 1 is 1.07 bits per heavy atom. The Labute approximate surface area is 169 Å². The maximum Gasteiger partial charge on any atom is 0.261 e. The molecule has 0 saturated carbocycles. The molecule has 0 atom stereocenters. The van der Waals surface area contributed by atoms with Crippen molar-refractivity contribution in [3.63, 3.8) is 0 Å². The standard InChI is InChI=1S/C19H19Cl2N3O2S/c1-2-4-14-7-9-16(10-8-14)27(25,26)23-15-11-22-24(12-15)13-17-18(20)5-3-6-19(17)21/h3,5-12,23H,2,4,13H2,1H3. The molecule has 8 heteroatoms. The monoisotopic (exact) mass is 423 g/mol. The molecule has 0 radical (unpaired) electrons. The second-order valence-electron chi connectivity index (χ2n) is 6.13. The molecule has 2 aromatic carbocycles. The predicted molar refractivity (Wildman–Crippen MR) is 109 cm³/mol. The summed E-state index contributed by atoms with van der Waals surface area (Å²) in [5.74, 6) is 0. The average molecular weight is 424 g/mol. The van der Waals surface area contributed by atoms with E-state index in [9.17, 15) is 8.42 Å². The predicted octanol–water partition coefficient (Wildman–Crippen LogP) is 4.99. The van der Waals surface area contributed by atoms with E-state index >= 15 is 0 Å². The number of halogens is 2. The summed E-state index contributed by atoms with van der Waals surface area (Å²) in [6, 6.07) is 12.2. The maximum atomic E-state index is 12.6. The molecule has 0 aliphatic rings. The number of nitrogens with zero attached hydrogens (tertiary/aromatic N) is 2. The number of rotatable bonds is 7. The normalized spacial score (nSPS) is 11.5. The second kappa shape index (κ2) is 8.33. The van der Waals surface area contributed by atoms with Crippen LogP contribution in [0.5, 0.6) is 0 Å². The maximum absolute atomic E-state index is 12.6. The van der Waals surface area contributed by atoms with E-state index in [1.165, 1.54) is 6.20 Å². The number of aryl methyl sites for hydroxylation is 1. The van der Waals surface area contributed by atoms with Crippen molar-refractivity contribution in [2.45, 2.75) is 31.2 Å². The largest absolute Gasteiger partial charge is 0.276 e. The molecular formula is C19H19Cl2N3O2S. The van der Waals surface area contributed by atoms with E-state index in [-0.39, 0.29) is 4.90 Å². The van der Waals surface area contributed by atoms with E-state index in [1.54, 1.807) is 41.2 Å². The highest BCUT2D eigenvalue weighted by molar-refractivity contribution is 7.92. The van der Waals surface area contributed by atoms with Gasteiger partial charge >= 0.3 is 0 Å². The van der Waals surface area contributed by atoms with Crippen LogP contribution in [0.1, 0.15) is 24.5 Å². The molecule has 1 N–H and O–H groups in total. The second-order valence-corrected chi connectivity index (χ2v) is 8.62. The van der Waals surface area contributed by atoms with Crippen LogP contribution in [0.4, 0.5) is 5.69 Å². The molecule has 1 heterocycles. The summed E-state index contributed by atoms with van der Waals surface area (Å²) in [6.07, 6.45) is 4.99. The van der Waals surface area contributed by atoms with Gasteiger partial charge in [-0.05, 0) is 36.2 Å². The van der Waals surface area contributed by atoms with Crippen molar-refractivity contribution in [3.05, 3.63) is 76.0 Å². The molecule has 27 heavy (non-hydrogen) atoms. The third-order valence-corrected chi connectivity index (χ3v) is 6.15. The third-order valence-electron chi connectivity index (χ3n) is 4.04. The van der Waals surface area contributed by atoms with Crippen LogP contribution in [0.25, 0.3) is 0 Å². The molecule has 3 rings (SSSR count). The zero-order valence-electron chi connectivity index (χ0n) is 14.7. The summed E-state index contributed by atoms with van der Waals surface area (Å²) in [5.41, 5.74) is 2.21. The van der Waals surface area contributed by atoms with Gasteiger partial charge in [-0.25, -0.2) is 8.42 Å². The molecule has 5 nitrogen and oxygen atoms in total. The number of sulfonamides is 1. The number of aromatic nitrogens is 2. The van der Waals surface area contributed by atoms with Gasteiger partial charge in [0.1, 0.15) is 0 Å².